The Kier molecular flexibility index (Phi) is 3.30. The van der Waals surface area contributed by atoms with E-state index in [2.05, 4.69) is 10.2 Å². The van der Waals surface area contributed by atoms with Crippen molar-refractivity contribution in [3.8, 4) is 0 Å². The molecule has 1 atom stereocenters. The number of piperidine rings is 1. The van der Waals surface area contributed by atoms with Gasteiger partial charge < -0.3 is 0 Å². The number of nitrogens with one attached hydrogen (secondary N) is 1. The zero-order chi connectivity index (χ0) is 11.6. The molecule has 1 unspecified atom stereocenters. The monoisotopic (exact) mass is 243 g/mol. The number of aromatic nitrogens is 2. The molecule has 1 N–H and O–H groups in total. The van der Waals surface area contributed by atoms with Gasteiger partial charge in [-0.1, -0.05) is 0 Å². The first-order valence-electron chi connectivity index (χ1n) is 5.60. The van der Waals surface area contributed by atoms with Crippen molar-refractivity contribution in [2.24, 2.45) is 0 Å². The minimum atomic E-state index is -3.05. The number of rotatable bonds is 3. The van der Waals surface area contributed by atoms with Crippen LogP contribution >= 0.6 is 0 Å². The minimum absolute atomic E-state index is 0.183. The number of aromatic amines is 1. The first-order valence-corrected chi connectivity index (χ1v) is 7.21. The third kappa shape index (κ3) is 2.27. The van der Waals surface area contributed by atoms with Gasteiger partial charge in [0.1, 0.15) is 0 Å². The van der Waals surface area contributed by atoms with Crippen LogP contribution < -0.4 is 0 Å². The van der Waals surface area contributed by atoms with E-state index in [-0.39, 0.29) is 11.7 Å². The van der Waals surface area contributed by atoms with E-state index >= 15 is 0 Å². The molecule has 1 fully saturated rings. The summed E-state index contributed by atoms with van der Waals surface area (Å²) in [6.07, 6.45) is 3.66. The first-order chi connectivity index (χ1) is 7.63. The van der Waals surface area contributed by atoms with Crippen LogP contribution in [-0.2, 0) is 10.0 Å². The Morgan fingerprint density at radius 2 is 2.44 bits per heavy atom. The Morgan fingerprint density at radius 1 is 1.62 bits per heavy atom. The lowest BCUT2D eigenvalue weighted by molar-refractivity contribution is 0.313. The summed E-state index contributed by atoms with van der Waals surface area (Å²) in [6, 6.07) is 1.92. The van der Waals surface area contributed by atoms with Crippen LogP contribution in [0.2, 0.25) is 0 Å². The van der Waals surface area contributed by atoms with Gasteiger partial charge in [-0.25, -0.2) is 12.7 Å². The highest BCUT2D eigenvalue weighted by atomic mass is 32.2. The fraction of sp³-hybridized carbons (Fsp3) is 0.700. The topological polar surface area (TPSA) is 66.1 Å². The summed E-state index contributed by atoms with van der Waals surface area (Å²) in [7, 11) is -3.05. The fourth-order valence-electron chi connectivity index (χ4n) is 2.13. The molecule has 0 radical (unpaired) electrons. The van der Waals surface area contributed by atoms with Crippen LogP contribution in [-0.4, -0.2) is 41.8 Å². The molecule has 1 aromatic heterocycles. The van der Waals surface area contributed by atoms with Crippen LogP contribution in [0.5, 0.6) is 0 Å². The highest BCUT2D eigenvalue weighted by Gasteiger charge is 2.28. The lowest BCUT2D eigenvalue weighted by Crippen LogP contribution is -2.39. The van der Waals surface area contributed by atoms with Gasteiger partial charge in [0.25, 0.3) is 0 Å². The molecule has 90 valence electrons. The maximum absolute atomic E-state index is 11.8. The Bertz CT molecular complexity index is 427. The molecule has 0 amide bonds. The molecule has 1 aliphatic rings. The number of hydrogen-bond donors (Lipinski definition) is 1. The van der Waals surface area contributed by atoms with Crippen molar-refractivity contribution in [1.29, 1.82) is 0 Å². The average molecular weight is 243 g/mol. The summed E-state index contributed by atoms with van der Waals surface area (Å²) in [5.41, 5.74) is 1.04. The van der Waals surface area contributed by atoms with Gasteiger partial charge in [-0.05, 0) is 25.8 Å². The van der Waals surface area contributed by atoms with Gasteiger partial charge in [0, 0.05) is 30.9 Å². The Hall–Kier alpha value is -0.880. The van der Waals surface area contributed by atoms with Gasteiger partial charge in [-0.15, -0.1) is 0 Å². The van der Waals surface area contributed by atoms with Crippen molar-refractivity contribution in [2.75, 3.05) is 18.8 Å². The molecular weight excluding hydrogens is 226 g/mol. The molecule has 1 aliphatic heterocycles. The molecule has 5 nitrogen and oxygen atoms in total. The van der Waals surface area contributed by atoms with Crippen LogP contribution in [0.15, 0.2) is 12.3 Å². The molecule has 2 rings (SSSR count). The summed E-state index contributed by atoms with van der Waals surface area (Å²) < 4.78 is 25.1. The first kappa shape index (κ1) is 11.6. The van der Waals surface area contributed by atoms with Crippen molar-refractivity contribution >= 4 is 10.0 Å². The van der Waals surface area contributed by atoms with Crippen molar-refractivity contribution in [2.45, 2.75) is 25.7 Å². The molecule has 0 spiro atoms. The number of hydrogen-bond acceptors (Lipinski definition) is 3. The van der Waals surface area contributed by atoms with Gasteiger partial charge >= 0.3 is 0 Å². The second-order valence-electron chi connectivity index (χ2n) is 4.11. The molecule has 0 saturated carbocycles. The SMILES string of the molecule is CCS(=O)(=O)N1CCCC(c2ccn[nH]2)C1. The minimum Gasteiger partial charge on any atom is -0.282 e. The number of nitrogens with zero attached hydrogens (tertiary/aromatic N) is 2. The fourth-order valence-corrected chi connectivity index (χ4v) is 3.30. The molecule has 1 saturated heterocycles. The normalized spacial score (nSPS) is 23.4. The molecule has 6 heteroatoms. The molecule has 16 heavy (non-hydrogen) atoms. The number of sulfonamides is 1. The second-order valence-corrected chi connectivity index (χ2v) is 6.37. The Morgan fingerprint density at radius 3 is 3.06 bits per heavy atom. The molecule has 0 bridgehead atoms. The largest absolute Gasteiger partial charge is 0.282 e. The van der Waals surface area contributed by atoms with E-state index in [0.29, 0.717) is 13.1 Å². The van der Waals surface area contributed by atoms with Crippen LogP contribution in [0.1, 0.15) is 31.4 Å². The summed E-state index contributed by atoms with van der Waals surface area (Å²) in [6.45, 7) is 2.92. The quantitative estimate of drug-likeness (QED) is 0.859. The highest BCUT2D eigenvalue weighted by Crippen LogP contribution is 2.26. The van der Waals surface area contributed by atoms with Gasteiger partial charge in [0.2, 0.25) is 10.0 Å². The summed E-state index contributed by atoms with van der Waals surface area (Å²) in [5.74, 6) is 0.445. The lowest BCUT2D eigenvalue weighted by atomic mass is 9.96. The van der Waals surface area contributed by atoms with E-state index < -0.39 is 10.0 Å². The lowest BCUT2D eigenvalue weighted by Gasteiger charge is -2.31. The van der Waals surface area contributed by atoms with Crippen LogP contribution in [0, 0.1) is 0 Å². The smallest absolute Gasteiger partial charge is 0.213 e. The van der Waals surface area contributed by atoms with Gasteiger partial charge in [0.15, 0.2) is 0 Å². The summed E-state index contributed by atoms with van der Waals surface area (Å²) in [4.78, 5) is 0. The average Bonchev–Trinajstić information content (AvgIpc) is 2.83. The van der Waals surface area contributed by atoms with E-state index in [1.165, 1.54) is 0 Å². The van der Waals surface area contributed by atoms with E-state index in [9.17, 15) is 8.42 Å². The van der Waals surface area contributed by atoms with Crippen molar-refractivity contribution < 1.29 is 8.42 Å². The van der Waals surface area contributed by atoms with Crippen LogP contribution in [0.3, 0.4) is 0 Å². The predicted octanol–water partition coefficient (Wildman–Crippen LogP) is 0.939. The van der Waals surface area contributed by atoms with Gasteiger partial charge in [-0.3, -0.25) is 5.10 Å². The zero-order valence-electron chi connectivity index (χ0n) is 9.39. The predicted molar refractivity (Wildman–Crippen MR) is 61.6 cm³/mol. The van der Waals surface area contributed by atoms with E-state index in [1.54, 1.807) is 17.4 Å². The maximum atomic E-state index is 11.8. The summed E-state index contributed by atoms with van der Waals surface area (Å²) >= 11 is 0. The van der Waals surface area contributed by atoms with Gasteiger partial charge in [0.05, 0.1) is 5.75 Å². The Labute approximate surface area is 95.9 Å². The Balaban J connectivity index is 2.11. The van der Waals surface area contributed by atoms with Crippen molar-refractivity contribution in [1.82, 2.24) is 14.5 Å². The van der Waals surface area contributed by atoms with E-state index in [0.717, 1.165) is 18.5 Å². The third-order valence-electron chi connectivity index (χ3n) is 3.10. The maximum Gasteiger partial charge on any atom is 0.213 e. The molecule has 1 aromatic rings. The van der Waals surface area contributed by atoms with Gasteiger partial charge in [-0.2, -0.15) is 5.10 Å². The molecular formula is C10H17N3O2S. The third-order valence-corrected chi connectivity index (χ3v) is 4.95. The highest BCUT2D eigenvalue weighted by molar-refractivity contribution is 7.89. The van der Waals surface area contributed by atoms with Crippen molar-refractivity contribution in [3.63, 3.8) is 0 Å². The molecule has 0 aromatic carbocycles. The molecule has 0 aliphatic carbocycles. The molecule has 2 heterocycles. The van der Waals surface area contributed by atoms with E-state index in [1.807, 2.05) is 6.07 Å². The zero-order valence-corrected chi connectivity index (χ0v) is 10.2. The second kappa shape index (κ2) is 4.55. The van der Waals surface area contributed by atoms with Crippen LogP contribution in [0.4, 0.5) is 0 Å². The number of H-pyrrole nitrogens is 1. The van der Waals surface area contributed by atoms with E-state index in [4.69, 9.17) is 0 Å². The van der Waals surface area contributed by atoms with Crippen LogP contribution in [0.25, 0.3) is 0 Å². The standard InChI is InChI=1S/C10H17N3O2S/c1-2-16(14,15)13-7-3-4-9(8-13)10-5-6-11-12-10/h5-6,9H,2-4,7-8H2,1H3,(H,11,12). The summed E-state index contributed by atoms with van der Waals surface area (Å²) in [5, 5.41) is 6.84. The van der Waals surface area contributed by atoms with Crippen molar-refractivity contribution in [3.05, 3.63) is 18.0 Å².